The lowest BCUT2D eigenvalue weighted by Gasteiger charge is -2.17. The minimum Gasteiger partial charge on any atom is -0.493 e. The van der Waals surface area contributed by atoms with Crippen molar-refractivity contribution in [3.8, 4) is 11.5 Å². The minimum atomic E-state index is 0.430. The highest BCUT2D eigenvalue weighted by Crippen LogP contribution is 2.34. The van der Waals surface area contributed by atoms with Crippen LogP contribution in [0.4, 0.5) is 5.69 Å². The molecule has 0 unspecified atom stereocenters. The first-order valence-electron chi connectivity index (χ1n) is 8.13. The van der Waals surface area contributed by atoms with E-state index in [9.17, 15) is 0 Å². The first-order chi connectivity index (χ1) is 12.1. The van der Waals surface area contributed by atoms with Crippen molar-refractivity contribution >= 4 is 17.3 Å². The average molecular weight is 358 g/mol. The summed E-state index contributed by atoms with van der Waals surface area (Å²) in [4.78, 5) is 0. The van der Waals surface area contributed by atoms with E-state index in [1.807, 2.05) is 30.3 Å². The number of benzene rings is 2. The van der Waals surface area contributed by atoms with Crippen LogP contribution in [0.1, 0.15) is 16.7 Å². The number of nitrogens with one attached hydrogen (secondary N) is 1. The number of methoxy groups -OCH3 is 1. The van der Waals surface area contributed by atoms with Gasteiger partial charge in [-0.25, -0.2) is 0 Å². The molecule has 0 aromatic heterocycles. The first-order valence-corrected chi connectivity index (χ1v) is 8.51. The lowest BCUT2D eigenvalue weighted by atomic mass is 10.0. The second-order valence-corrected chi connectivity index (χ2v) is 6.13. The molecular formula is C21H24ClNO2. The van der Waals surface area contributed by atoms with Gasteiger partial charge in [0.05, 0.1) is 7.11 Å². The molecule has 0 amide bonds. The van der Waals surface area contributed by atoms with Gasteiger partial charge in [0.15, 0.2) is 11.5 Å². The van der Waals surface area contributed by atoms with Crippen LogP contribution in [0.15, 0.2) is 55.6 Å². The van der Waals surface area contributed by atoms with Crippen LogP contribution in [0.25, 0.3) is 0 Å². The molecule has 25 heavy (non-hydrogen) atoms. The molecule has 0 aliphatic heterocycles. The molecule has 0 fully saturated rings. The topological polar surface area (TPSA) is 30.5 Å². The fraction of sp³-hybridized carbons (Fsp3) is 0.238. The molecule has 2 rings (SSSR count). The fourth-order valence-corrected chi connectivity index (χ4v) is 2.74. The molecule has 0 saturated heterocycles. The standard InChI is InChI=1S/C21H24ClNO2/c1-5-7-17-11-16(12-20(24-4)21(17)25-10-6-2)14-23-19-13-18(22)9-8-15(19)3/h5-6,8-9,11-13,23H,1-2,7,10,14H2,3-4H3. The molecule has 0 saturated carbocycles. The van der Waals surface area contributed by atoms with Gasteiger partial charge >= 0.3 is 0 Å². The lowest BCUT2D eigenvalue weighted by molar-refractivity contribution is 0.323. The zero-order valence-corrected chi connectivity index (χ0v) is 15.5. The van der Waals surface area contributed by atoms with Gasteiger partial charge in [0.25, 0.3) is 0 Å². The van der Waals surface area contributed by atoms with Gasteiger partial charge in [-0.05, 0) is 48.7 Å². The zero-order chi connectivity index (χ0) is 18.2. The molecule has 0 aliphatic rings. The Morgan fingerprint density at radius 1 is 1.16 bits per heavy atom. The third-order valence-electron chi connectivity index (χ3n) is 3.80. The van der Waals surface area contributed by atoms with Crippen molar-refractivity contribution in [3.63, 3.8) is 0 Å². The Labute approximate surface area is 154 Å². The molecule has 3 nitrogen and oxygen atoms in total. The molecule has 1 N–H and O–H groups in total. The minimum absolute atomic E-state index is 0.430. The summed E-state index contributed by atoms with van der Waals surface area (Å²) < 4.78 is 11.3. The maximum Gasteiger partial charge on any atom is 0.165 e. The van der Waals surface area contributed by atoms with Crippen molar-refractivity contribution in [2.45, 2.75) is 19.9 Å². The molecule has 2 aromatic rings. The summed E-state index contributed by atoms with van der Waals surface area (Å²) in [5.41, 5.74) is 4.30. The molecule has 0 atom stereocenters. The van der Waals surface area contributed by atoms with E-state index >= 15 is 0 Å². The van der Waals surface area contributed by atoms with E-state index in [1.165, 1.54) is 0 Å². The Morgan fingerprint density at radius 3 is 2.64 bits per heavy atom. The van der Waals surface area contributed by atoms with Crippen LogP contribution in [0, 0.1) is 6.92 Å². The Morgan fingerprint density at radius 2 is 1.96 bits per heavy atom. The van der Waals surface area contributed by atoms with Crippen LogP contribution in [0.2, 0.25) is 5.02 Å². The van der Waals surface area contributed by atoms with E-state index in [0.29, 0.717) is 30.3 Å². The number of allylic oxidation sites excluding steroid dienone is 1. The van der Waals surface area contributed by atoms with Crippen molar-refractivity contribution in [2.75, 3.05) is 19.0 Å². The summed E-state index contributed by atoms with van der Waals surface area (Å²) in [7, 11) is 1.64. The van der Waals surface area contributed by atoms with E-state index in [1.54, 1.807) is 13.2 Å². The zero-order valence-electron chi connectivity index (χ0n) is 14.8. The van der Waals surface area contributed by atoms with Crippen LogP contribution in [0.5, 0.6) is 11.5 Å². The summed E-state index contributed by atoms with van der Waals surface area (Å²) in [5, 5.41) is 4.14. The lowest BCUT2D eigenvalue weighted by Crippen LogP contribution is -2.05. The predicted molar refractivity (Wildman–Crippen MR) is 106 cm³/mol. The highest BCUT2D eigenvalue weighted by molar-refractivity contribution is 6.30. The van der Waals surface area contributed by atoms with Crippen molar-refractivity contribution in [3.05, 3.63) is 77.4 Å². The van der Waals surface area contributed by atoms with Crippen LogP contribution in [0.3, 0.4) is 0 Å². The van der Waals surface area contributed by atoms with Crippen molar-refractivity contribution in [1.82, 2.24) is 0 Å². The van der Waals surface area contributed by atoms with Gasteiger partial charge in [-0.15, -0.1) is 6.58 Å². The number of anilines is 1. The van der Waals surface area contributed by atoms with Gasteiger partial charge in [-0.2, -0.15) is 0 Å². The van der Waals surface area contributed by atoms with Crippen molar-refractivity contribution in [1.29, 1.82) is 0 Å². The quantitative estimate of drug-likeness (QED) is 0.596. The molecule has 4 heteroatoms. The largest absolute Gasteiger partial charge is 0.493 e. The summed E-state index contributed by atoms with van der Waals surface area (Å²) in [6.45, 7) is 10.7. The number of halogens is 1. The molecule has 0 aliphatic carbocycles. The Kier molecular flexibility index (Phi) is 6.96. The third-order valence-corrected chi connectivity index (χ3v) is 4.04. The predicted octanol–water partition coefficient (Wildman–Crippen LogP) is 5.56. The second kappa shape index (κ2) is 9.19. The molecule has 132 valence electrons. The van der Waals surface area contributed by atoms with E-state index in [2.05, 4.69) is 31.5 Å². The number of hydrogen-bond donors (Lipinski definition) is 1. The first kappa shape index (κ1) is 18.9. The molecule has 0 heterocycles. The highest BCUT2D eigenvalue weighted by atomic mass is 35.5. The van der Waals surface area contributed by atoms with Gasteiger partial charge in [0.1, 0.15) is 6.61 Å². The number of rotatable bonds is 9. The highest BCUT2D eigenvalue weighted by Gasteiger charge is 2.12. The summed E-state index contributed by atoms with van der Waals surface area (Å²) in [6, 6.07) is 9.91. The molecular weight excluding hydrogens is 334 g/mol. The van der Waals surface area contributed by atoms with Gasteiger partial charge in [-0.3, -0.25) is 0 Å². The number of hydrogen-bond acceptors (Lipinski definition) is 3. The summed E-state index contributed by atoms with van der Waals surface area (Å²) in [6.07, 6.45) is 4.27. The SMILES string of the molecule is C=CCOc1c(CC=C)cc(CNc2cc(Cl)ccc2C)cc1OC. The Balaban J connectivity index is 2.28. The van der Waals surface area contributed by atoms with Crippen LogP contribution < -0.4 is 14.8 Å². The molecule has 2 aromatic carbocycles. The van der Waals surface area contributed by atoms with E-state index in [0.717, 1.165) is 28.1 Å². The van der Waals surface area contributed by atoms with Crippen molar-refractivity contribution in [2.24, 2.45) is 0 Å². The molecule has 0 radical (unpaired) electrons. The number of ether oxygens (including phenoxy) is 2. The molecule has 0 spiro atoms. The fourth-order valence-electron chi connectivity index (χ4n) is 2.57. The monoisotopic (exact) mass is 357 g/mol. The van der Waals surface area contributed by atoms with E-state index in [4.69, 9.17) is 21.1 Å². The normalized spacial score (nSPS) is 10.2. The van der Waals surface area contributed by atoms with Gasteiger partial charge in [-0.1, -0.05) is 36.4 Å². The van der Waals surface area contributed by atoms with Crippen molar-refractivity contribution < 1.29 is 9.47 Å². The maximum atomic E-state index is 6.09. The summed E-state index contributed by atoms with van der Waals surface area (Å²) in [5.74, 6) is 1.45. The van der Waals surface area contributed by atoms with Gasteiger partial charge in [0, 0.05) is 22.8 Å². The third kappa shape index (κ3) is 5.04. The molecule has 0 bridgehead atoms. The van der Waals surface area contributed by atoms with E-state index in [-0.39, 0.29) is 0 Å². The average Bonchev–Trinajstić information content (AvgIpc) is 2.61. The summed E-state index contributed by atoms with van der Waals surface area (Å²) >= 11 is 6.09. The maximum absolute atomic E-state index is 6.09. The van der Waals surface area contributed by atoms with Crippen LogP contribution in [-0.2, 0) is 13.0 Å². The Bertz CT molecular complexity index is 756. The second-order valence-electron chi connectivity index (χ2n) is 5.69. The van der Waals surface area contributed by atoms with E-state index < -0.39 is 0 Å². The smallest absolute Gasteiger partial charge is 0.165 e. The number of aryl methyl sites for hydroxylation is 1. The van der Waals surface area contributed by atoms with Crippen LogP contribution >= 0.6 is 11.6 Å². The van der Waals surface area contributed by atoms with Gasteiger partial charge in [0.2, 0.25) is 0 Å². The van der Waals surface area contributed by atoms with Gasteiger partial charge < -0.3 is 14.8 Å². The Hall–Kier alpha value is -2.39. The van der Waals surface area contributed by atoms with Crippen LogP contribution in [-0.4, -0.2) is 13.7 Å².